The molecule has 4 rings (SSSR count). The first-order valence-electron chi connectivity index (χ1n) is 11.6. The van der Waals surface area contributed by atoms with Crippen molar-refractivity contribution in [1.29, 1.82) is 0 Å². The van der Waals surface area contributed by atoms with Crippen LogP contribution in [0.15, 0.2) is 24.4 Å². The van der Waals surface area contributed by atoms with Gasteiger partial charge in [0.1, 0.15) is 23.4 Å². The number of nitrogens with zero attached hydrogens (tertiary/aromatic N) is 4. The molecule has 0 bridgehead atoms. The summed E-state index contributed by atoms with van der Waals surface area (Å²) < 4.78 is 16.6. The van der Waals surface area contributed by atoms with Crippen LogP contribution in [-0.4, -0.2) is 60.8 Å². The van der Waals surface area contributed by atoms with Crippen molar-refractivity contribution in [3.8, 4) is 11.8 Å². The standard InChI is InChI=1S/C25H32N4O4/c1-5-21(30)20-14-23(28-25(27-20)33-16(2)15-31-3)29-12-9-17(10-13-29)18-6-7-19-24(18)22(32-4)8-11-26-19/h6,8,11,14,16-17H,5,7,9-10,12-13,15H2,1-4H3/t16-/m1/s1. The van der Waals surface area contributed by atoms with Crippen LogP contribution in [0.25, 0.3) is 5.57 Å². The van der Waals surface area contributed by atoms with Gasteiger partial charge in [-0.3, -0.25) is 9.78 Å². The van der Waals surface area contributed by atoms with Gasteiger partial charge in [-0.1, -0.05) is 13.0 Å². The molecule has 0 aromatic carbocycles. The van der Waals surface area contributed by atoms with Crippen LogP contribution >= 0.6 is 0 Å². The van der Waals surface area contributed by atoms with Gasteiger partial charge in [0, 0.05) is 50.9 Å². The molecule has 1 fully saturated rings. The highest BCUT2D eigenvalue weighted by atomic mass is 16.5. The maximum Gasteiger partial charge on any atom is 0.319 e. The summed E-state index contributed by atoms with van der Waals surface area (Å²) in [5.74, 6) is 2.05. The van der Waals surface area contributed by atoms with E-state index in [0.29, 0.717) is 24.6 Å². The van der Waals surface area contributed by atoms with Crippen LogP contribution in [0.4, 0.5) is 5.82 Å². The highest BCUT2D eigenvalue weighted by Gasteiger charge is 2.30. The number of hydrogen-bond donors (Lipinski definition) is 0. The number of Topliss-reactive ketones (excluding diaryl/α,β-unsaturated/α-hetero) is 1. The second kappa shape index (κ2) is 10.3. The molecule has 33 heavy (non-hydrogen) atoms. The number of hydrogen-bond acceptors (Lipinski definition) is 8. The minimum absolute atomic E-state index is 0.0231. The zero-order valence-electron chi connectivity index (χ0n) is 19.8. The van der Waals surface area contributed by atoms with Crippen molar-refractivity contribution in [2.24, 2.45) is 5.92 Å². The summed E-state index contributed by atoms with van der Waals surface area (Å²) in [4.78, 5) is 28.1. The zero-order chi connectivity index (χ0) is 23.4. The lowest BCUT2D eigenvalue weighted by Gasteiger charge is -2.34. The van der Waals surface area contributed by atoms with E-state index >= 15 is 0 Å². The smallest absolute Gasteiger partial charge is 0.319 e. The number of ketones is 1. The molecule has 1 atom stereocenters. The fraction of sp³-hybridized carbons (Fsp3) is 0.520. The van der Waals surface area contributed by atoms with E-state index in [-0.39, 0.29) is 17.9 Å². The molecule has 0 spiro atoms. The minimum atomic E-state index is -0.210. The van der Waals surface area contributed by atoms with Crippen LogP contribution < -0.4 is 14.4 Å². The molecule has 0 N–H and O–H groups in total. The Morgan fingerprint density at radius 1 is 1.24 bits per heavy atom. The topological polar surface area (TPSA) is 86.7 Å². The molecule has 8 heteroatoms. The molecule has 0 radical (unpaired) electrons. The molecule has 2 aromatic heterocycles. The van der Waals surface area contributed by atoms with E-state index in [2.05, 4.69) is 25.9 Å². The van der Waals surface area contributed by atoms with E-state index in [9.17, 15) is 4.79 Å². The number of fused-ring (bicyclic) bond motifs is 1. The first-order chi connectivity index (χ1) is 16.0. The largest absolute Gasteiger partial charge is 0.496 e. The van der Waals surface area contributed by atoms with E-state index in [4.69, 9.17) is 14.2 Å². The third-order valence-corrected chi connectivity index (χ3v) is 6.28. The number of ether oxygens (including phenoxy) is 3. The number of anilines is 1. The molecule has 1 aliphatic heterocycles. The summed E-state index contributed by atoms with van der Waals surface area (Å²) in [6, 6.07) is 3.95. The molecular formula is C25H32N4O4. The fourth-order valence-corrected chi connectivity index (χ4v) is 4.62. The second-order valence-electron chi connectivity index (χ2n) is 8.51. The first kappa shape index (κ1) is 23.2. The maximum atomic E-state index is 12.4. The van der Waals surface area contributed by atoms with Gasteiger partial charge in [-0.15, -0.1) is 0 Å². The highest BCUT2D eigenvalue weighted by Crippen LogP contribution is 2.42. The van der Waals surface area contributed by atoms with Crippen molar-refractivity contribution in [2.45, 2.75) is 45.6 Å². The van der Waals surface area contributed by atoms with Gasteiger partial charge in [0.2, 0.25) is 0 Å². The summed E-state index contributed by atoms with van der Waals surface area (Å²) in [5.41, 5.74) is 4.00. The van der Waals surface area contributed by atoms with Crippen LogP contribution in [0.3, 0.4) is 0 Å². The van der Waals surface area contributed by atoms with Crippen LogP contribution in [0.5, 0.6) is 11.8 Å². The van der Waals surface area contributed by atoms with Crippen molar-refractivity contribution >= 4 is 17.2 Å². The monoisotopic (exact) mass is 452 g/mol. The lowest BCUT2D eigenvalue weighted by Crippen LogP contribution is -2.35. The number of pyridine rings is 1. The molecular weight excluding hydrogens is 420 g/mol. The SMILES string of the molecule is CCC(=O)c1cc(N2CCC(C3=CCc4nccc(OC)c43)CC2)nc(O[C@H](C)COC)n1. The molecule has 2 aromatic rings. The molecule has 0 amide bonds. The number of carbonyl (C=O) groups is 1. The number of piperidine rings is 1. The normalized spacial score (nSPS) is 16.8. The predicted molar refractivity (Wildman–Crippen MR) is 126 cm³/mol. The summed E-state index contributed by atoms with van der Waals surface area (Å²) in [6.45, 7) is 5.82. The van der Waals surface area contributed by atoms with Gasteiger partial charge < -0.3 is 19.1 Å². The van der Waals surface area contributed by atoms with Crippen LogP contribution in [0.2, 0.25) is 0 Å². The highest BCUT2D eigenvalue weighted by molar-refractivity contribution is 5.94. The van der Waals surface area contributed by atoms with Gasteiger partial charge in [-0.25, -0.2) is 0 Å². The third kappa shape index (κ3) is 5.00. The lowest BCUT2D eigenvalue weighted by atomic mass is 9.86. The van der Waals surface area contributed by atoms with Gasteiger partial charge in [0.15, 0.2) is 5.78 Å². The van der Waals surface area contributed by atoms with Crippen molar-refractivity contribution in [3.63, 3.8) is 0 Å². The molecule has 176 valence electrons. The number of methoxy groups -OCH3 is 2. The summed E-state index contributed by atoms with van der Waals surface area (Å²) in [6.07, 6.45) is 7.12. The van der Waals surface area contributed by atoms with Gasteiger partial charge in [0.25, 0.3) is 0 Å². The average Bonchev–Trinajstić information content (AvgIpc) is 3.28. The molecule has 2 aliphatic rings. The van der Waals surface area contributed by atoms with E-state index in [0.717, 1.165) is 49.6 Å². The Hall–Kier alpha value is -3.00. The fourth-order valence-electron chi connectivity index (χ4n) is 4.62. The summed E-state index contributed by atoms with van der Waals surface area (Å²) >= 11 is 0. The Morgan fingerprint density at radius 3 is 2.73 bits per heavy atom. The van der Waals surface area contributed by atoms with Crippen LogP contribution in [-0.2, 0) is 11.2 Å². The van der Waals surface area contributed by atoms with Crippen molar-refractivity contribution in [2.75, 3.05) is 38.8 Å². The molecule has 3 heterocycles. The van der Waals surface area contributed by atoms with E-state index in [1.165, 1.54) is 11.1 Å². The van der Waals surface area contributed by atoms with Crippen LogP contribution in [0, 0.1) is 5.92 Å². The molecule has 8 nitrogen and oxygen atoms in total. The first-order valence-corrected chi connectivity index (χ1v) is 11.6. The zero-order valence-corrected chi connectivity index (χ0v) is 19.8. The third-order valence-electron chi connectivity index (χ3n) is 6.28. The minimum Gasteiger partial charge on any atom is -0.496 e. The van der Waals surface area contributed by atoms with Crippen molar-refractivity contribution < 1.29 is 19.0 Å². The average molecular weight is 453 g/mol. The Morgan fingerprint density at radius 2 is 2.03 bits per heavy atom. The van der Waals surface area contributed by atoms with E-state index in [1.54, 1.807) is 20.3 Å². The van der Waals surface area contributed by atoms with Gasteiger partial charge >= 0.3 is 6.01 Å². The summed E-state index contributed by atoms with van der Waals surface area (Å²) in [5, 5.41) is 0. The Bertz CT molecular complexity index is 1030. The Labute approximate surface area is 195 Å². The van der Waals surface area contributed by atoms with Crippen molar-refractivity contribution in [3.05, 3.63) is 41.4 Å². The van der Waals surface area contributed by atoms with Gasteiger partial charge in [0.05, 0.1) is 19.4 Å². The lowest BCUT2D eigenvalue weighted by molar-refractivity contribution is 0.0846. The number of carbonyl (C=O) groups excluding carboxylic acids is 1. The van der Waals surface area contributed by atoms with Crippen molar-refractivity contribution in [1.82, 2.24) is 15.0 Å². The molecule has 1 saturated heterocycles. The van der Waals surface area contributed by atoms with E-state index in [1.807, 2.05) is 26.1 Å². The number of allylic oxidation sites excluding steroid dienone is 2. The van der Waals surface area contributed by atoms with Gasteiger partial charge in [-0.2, -0.15) is 9.97 Å². The van der Waals surface area contributed by atoms with Crippen LogP contribution in [0.1, 0.15) is 54.9 Å². The second-order valence-corrected chi connectivity index (χ2v) is 8.51. The Balaban J connectivity index is 1.50. The molecule has 0 saturated carbocycles. The van der Waals surface area contributed by atoms with E-state index < -0.39 is 0 Å². The predicted octanol–water partition coefficient (Wildman–Crippen LogP) is 3.74. The van der Waals surface area contributed by atoms with Gasteiger partial charge in [-0.05, 0) is 37.3 Å². The number of aromatic nitrogens is 3. The maximum absolute atomic E-state index is 12.4. The quantitative estimate of drug-likeness (QED) is 0.532. The Kier molecular flexibility index (Phi) is 7.23. The molecule has 1 aliphatic carbocycles. The summed E-state index contributed by atoms with van der Waals surface area (Å²) in [7, 11) is 3.34. The molecule has 0 unspecified atom stereocenters. The number of rotatable bonds is 9.